The van der Waals surface area contributed by atoms with Crippen LogP contribution >= 0.6 is 0 Å². The number of nitrogens with zero attached hydrogens (tertiary/aromatic N) is 1. The van der Waals surface area contributed by atoms with Crippen molar-refractivity contribution >= 4 is 17.5 Å². The maximum absolute atomic E-state index is 12.0. The van der Waals surface area contributed by atoms with E-state index in [9.17, 15) is 9.59 Å². The summed E-state index contributed by atoms with van der Waals surface area (Å²) in [5.41, 5.74) is 2.36. The van der Waals surface area contributed by atoms with E-state index in [0.29, 0.717) is 12.1 Å². The molecule has 1 aromatic carbocycles. The van der Waals surface area contributed by atoms with Gasteiger partial charge in [-0.3, -0.25) is 14.5 Å². The van der Waals surface area contributed by atoms with Gasteiger partial charge in [-0.15, -0.1) is 0 Å². The van der Waals surface area contributed by atoms with Gasteiger partial charge in [0.15, 0.2) is 0 Å². The Bertz CT molecular complexity index is 610. The van der Waals surface area contributed by atoms with Gasteiger partial charge in [-0.05, 0) is 30.7 Å². The van der Waals surface area contributed by atoms with E-state index in [2.05, 4.69) is 11.8 Å². The molecule has 1 unspecified atom stereocenters. The first-order valence-corrected chi connectivity index (χ1v) is 6.61. The molecule has 0 radical (unpaired) electrons. The van der Waals surface area contributed by atoms with Crippen molar-refractivity contribution < 1.29 is 14.7 Å². The lowest BCUT2D eigenvalue weighted by Gasteiger charge is -2.15. The molecule has 4 nitrogen and oxygen atoms in total. The van der Waals surface area contributed by atoms with E-state index in [0.717, 1.165) is 11.1 Å². The minimum absolute atomic E-state index is 0.0405. The summed E-state index contributed by atoms with van der Waals surface area (Å²) in [6.45, 7) is 3.70. The van der Waals surface area contributed by atoms with E-state index in [4.69, 9.17) is 5.11 Å². The van der Waals surface area contributed by atoms with Crippen LogP contribution in [0.5, 0.6) is 0 Å². The Morgan fingerprint density at radius 1 is 1.40 bits per heavy atom. The molecule has 1 saturated heterocycles. The second kappa shape index (κ2) is 5.89. The molecule has 2 amide bonds. The van der Waals surface area contributed by atoms with Crippen LogP contribution in [-0.2, 0) is 9.59 Å². The molecule has 1 atom stereocenters. The van der Waals surface area contributed by atoms with Gasteiger partial charge in [0, 0.05) is 24.3 Å². The second-order valence-electron chi connectivity index (χ2n) is 4.95. The summed E-state index contributed by atoms with van der Waals surface area (Å²) in [5.74, 6) is 5.28. The smallest absolute Gasteiger partial charge is 0.237 e. The summed E-state index contributed by atoms with van der Waals surface area (Å²) in [6, 6.07) is 5.35. The topological polar surface area (TPSA) is 57.6 Å². The molecule has 1 aliphatic rings. The molecule has 0 bridgehead atoms. The standard InChI is InChI=1S/C16H17NO3/c1-11-9-14(7-6-13(11)5-3-4-8-18)17-15(19)10-12(2)16(17)20/h6-7,9,12,18H,4,8,10H2,1-2H3. The highest BCUT2D eigenvalue weighted by Crippen LogP contribution is 2.27. The molecule has 4 heteroatoms. The van der Waals surface area contributed by atoms with Crippen molar-refractivity contribution in [3.05, 3.63) is 29.3 Å². The third-order valence-corrected chi connectivity index (χ3v) is 3.30. The minimum atomic E-state index is -0.244. The largest absolute Gasteiger partial charge is 0.395 e. The van der Waals surface area contributed by atoms with Gasteiger partial charge in [0.2, 0.25) is 11.8 Å². The number of amides is 2. The molecule has 2 rings (SSSR count). The highest BCUT2D eigenvalue weighted by atomic mass is 16.2. The molecule has 1 N–H and O–H groups in total. The van der Waals surface area contributed by atoms with E-state index in [1.807, 2.05) is 6.92 Å². The fourth-order valence-electron chi connectivity index (χ4n) is 2.20. The lowest BCUT2D eigenvalue weighted by Crippen LogP contribution is -2.30. The van der Waals surface area contributed by atoms with E-state index in [1.165, 1.54) is 4.90 Å². The van der Waals surface area contributed by atoms with Crippen LogP contribution in [0.4, 0.5) is 5.69 Å². The molecular formula is C16H17NO3. The van der Waals surface area contributed by atoms with Crippen molar-refractivity contribution in [2.24, 2.45) is 5.92 Å². The van der Waals surface area contributed by atoms with Gasteiger partial charge < -0.3 is 5.11 Å². The number of rotatable bonds is 2. The normalized spacial score (nSPS) is 18.1. The van der Waals surface area contributed by atoms with Crippen molar-refractivity contribution in [1.29, 1.82) is 0 Å². The van der Waals surface area contributed by atoms with Gasteiger partial charge in [0.25, 0.3) is 0 Å². The molecule has 1 fully saturated rings. The van der Waals surface area contributed by atoms with Gasteiger partial charge in [-0.25, -0.2) is 0 Å². The van der Waals surface area contributed by atoms with Crippen molar-refractivity contribution in [2.45, 2.75) is 26.7 Å². The Morgan fingerprint density at radius 3 is 2.70 bits per heavy atom. The predicted molar refractivity (Wildman–Crippen MR) is 76.0 cm³/mol. The summed E-state index contributed by atoms with van der Waals surface area (Å²) < 4.78 is 0. The van der Waals surface area contributed by atoms with Crippen LogP contribution < -0.4 is 4.90 Å². The Labute approximate surface area is 118 Å². The SMILES string of the molecule is Cc1cc(N2C(=O)CC(C)C2=O)ccc1C#CCCO. The van der Waals surface area contributed by atoms with Crippen LogP contribution in [0, 0.1) is 24.7 Å². The van der Waals surface area contributed by atoms with Gasteiger partial charge in [-0.1, -0.05) is 18.8 Å². The fraction of sp³-hybridized carbons (Fsp3) is 0.375. The Kier molecular flexibility index (Phi) is 4.21. The summed E-state index contributed by atoms with van der Waals surface area (Å²) in [5, 5.41) is 8.70. The third kappa shape index (κ3) is 2.73. The van der Waals surface area contributed by atoms with Crippen LogP contribution in [0.15, 0.2) is 18.2 Å². The highest BCUT2D eigenvalue weighted by Gasteiger charge is 2.36. The summed E-state index contributed by atoms with van der Waals surface area (Å²) in [6.07, 6.45) is 0.706. The van der Waals surface area contributed by atoms with Gasteiger partial charge in [-0.2, -0.15) is 0 Å². The van der Waals surface area contributed by atoms with Crippen LogP contribution in [-0.4, -0.2) is 23.5 Å². The molecule has 0 spiro atoms. The number of benzene rings is 1. The molecule has 104 valence electrons. The molecule has 1 aromatic rings. The van der Waals surface area contributed by atoms with Crippen LogP contribution in [0.25, 0.3) is 0 Å². The number of aliphatic hydroxyl groups is 1. The maximum atomic E-state index is 12.0. The fourth-order valence-corrected chi connectivity index (χ4v) is 2.20. The van der Waals surface area contributed by atoms with Crippen molar-refractivity contribution in [2.75, 3.05) is 11.5 Å². The van der Waals surface area contributed by atoms with Crippen molar-refractivity contribution in [1.82, 2.24) is 0 Å². The highest BCUT2D eigenvalue weighted by molar-refractivity contribution is 6.20. The summed E-state index contributed by atoms with van der Waals surface area (Å²) in [4.78, 5) is 25.1. The van der Waals surface area contributed by atoms with Gasteiger partial charge >= 0.3 is 0 Å². The number of hydrogen-bond donors (Lipinski definition) is 1. The van der Waals surface area contributed by atoms with Gasteiger partial charge in [0.05, 0.1) is 12.3 Å². The number of aliphatic hydroxyl groups excluding tert-OH is 1. The van der Waals surface area contributed by atoms with Crippen molar-refractivity contribution in [3.63, 3.8) is 0 Å². The monoisotopic (exact) mass is 271 g/mol. The lowest BCUT2D eigenvalue weighted by atomic mass is 10.1. The average molecular weight is 271 g/mol. The first kappa shape index (κ1) is 14.3. The Balaban J connectivity index is 2.28. The summed E-state index contributed by atoms with van der Waals surface area (Å²) in [7, 11) is 0. The zero-order valence-electron chi connectivity index (χ0n) is 11.6. The molecule has 1 aliphatic heterocycles. The number of aryl methyl sites for hydroxylation is 1. The van der Waals surface area contributed by atoms with Crippen molar-refractivity contribution in [3.8, 4) is 11.8 Å². The molecule has 0 aromatic heterocycles. The molecule has 1 heterocycles. The van der Waals surface area contributed by atoms with E-state index in [-0.39, 0.29) is 30.8 Å². The number of imide groups is 1. The van der Waals surface area contributed by atoms with Crippen LogP contribution in [0.1, 0.15) is 30.9 Å². The molecule has 0 aliphatic carbocycles. The average Bonchev–Trinajstić information content (AvgIpc) is 2.65. The maximum Gasteiger partial charge on any atom is 0.237 e. The Hall–Kier alpha value is -2.12. The first-order valence-electron chi connectivity index (χ1n) is 6.61. The quantitative estimate of drug-likeness (QED) is 0.657. The van der Waals surface area contributed by atoms with Gasteiger partial charge in [0.1, 0.15) is 0 Å². The zero-order valence-corrected chi connectivity index (χ0v) is 11.6. The van der Waals surface area contributed by atoms with E-state index >= 15 is 0 Å². The molecular weight excluding hydrogens is 254 g/mol. The predicted octanol–water partition coefficient (Wildman–Crippen LogP) is 1.63. The number of carbonyl (C=O) groups is 2. The molecule has 20 heavy (non-hydrogen) atoms. The van der Waals surface area contributed by atoms with E-state index in [1.54, 1.807) is 25.1 Å². The van der Waals surface area contributed by atoms with Crippen LogP contribution in [0.3, 0.4) is 0 Å². The van der Waals surface area contributed by atoms with Crippen LogP contribution in [0.2, 0.25) is 0 Å². The first-order chi connectivity index (χ1) is 9.54. The number of carbonyl (C=O) groups excluding carboxylic acids is 2. The zero-order chi connectivity index (χ0) is 14.7. The summed E-state index contributed by atoms with van der Waals surface area (Å²) >= 11 is 0. The molecule has 0 saturated carbocycles. The Morgan fingerprint density at radius 2 is 2.15 bits per heavy atom. The minimum Gasteiger partial charge on any atom is -0.395 e. The number of hydrogen-bond acceptors (Lipinski definition) is 3. The third-order valence-electron chi connectivity index (χ3n) is 3.30. The number of anilines is 1. The second-order valence-corrected chi connectivity index (χ2v) is 4.95. The van der Waals surface area contributed by atoms with E-state index < -0.39 is 0 Å². The lowest BCUT2D eigenvalue weighted by molar-refractivity contribution is -0.122.